The fourth-order valence-electron chi connectivity index (χ4n) is 0.944. The van der Waals surface area contributed by atoms with E-state index in [1.54, 1.807) is 0 Å². The average Bonchev–Trinajstić information content (AvgIpc) is 1.95. The molecule has 0 amide bonds. The van der Waals surface area contributed by atoms with Crippen molar-refractivity contribution in [1.82, 2.24) is 0 Å². The molecule has 0 saturated carbocycles. The van der Waals surface area contributed by atoms with Gasteiger partial charge >= 0.3 is 0 Å². The van der Waals surface area contributed by atoms with Crippen molar-refractivity contribution in [3.63, 3.8) is 0 Å². The van der Waals surface area contributed by atoms with Crippen LogP contribution in [0.4, 0.5) is 0 Å². The third-order valence-electron chi connectivity index (χ3n) is 1.82. The zero-order valence-electron chi connectivity index (χ0n) is 6.41. The minimum absolute atomic E-state index is 0.0659. The second-order valence-corrected chi connectivity index (χ2v) is 4.09. The summed E-state index contributed by atoms with van der Waals surface area (Å²) >= 11 is 1.87. The third kappa shape index (κ3) is 1.87. The summed E-state index contributed by atoms with van der Waals surface area (Å²) in [5.74, 6) is 0.933. The fourth-order valence-corrected chi connectivity index (χ4v) is 1.98. The van der Waals surface area contributed by atoms with Crippen molar-refractivity contribution in [2.24, 2.45) is 0 Å². The van der Waals surface area contributed by atoms with Gasteiger partial charge in [-0.25, -0.2) is 0 Å². The zero-order valence-corrected chi connectivity index (χ0v) is 7.23. The first-order valence-electron chi connectivity index (χ1n) is 3.62. The molecule has 3 heteroatoms. The van der Waals surface area contributed by atoms with Crippen LogP contribution in [0.25, 0.3) is 0 Å². The predicted molar refractivity (Wildman–Crippen MR) is 43.3 cm³/mol. The van der Waals surface area contributed by atoms with Crippen LogP contribution in [0.5, 0.6) is 0 Å². The van der Waals surface area contributed by atoms with Crippen LogP contribution < -0.4 is 0 Å². The molecule has 1 heterocycles. The molecule has 0 spiro atoms. The van der Waals surface area contributed by atoms with Gasteiger partial charge in [-0.3, -0.25) is 0 Å². The van der Waals surface area contributed by atoms with Gasteiger partial charge in [0.15, 0.2) is 0 Å². The summed E-state index contributed by atoms with van der Waals surface area (Å²) in [6, 6.07) is 0. The Labute approximate surface area is 66.0 Å². The molecule has 1 aliphatic heterocycles. The van der Waals surface area contributed by atoms with Crippen LogP contribution in [-0.4, -0.2) is 34.9 Å². The maximum absolute atomic E-state index is 8.76. The first-order chi connectivity index (χ1) is 4.74. The third-order valence-corrected chi connectivity index (χ3v) is 3.29. The molecular weight excluding hydrogens is 148 g/mol. The topological polar surface area (TPSA) is 29.5 Å². The quantitative estimate of drug-likeness (QED) is 0.621. The van der Waals surface area contributed by atoms with Crippen molar-refractivity contribution in [3.05, 3.63) is 0 Å². The van der Waals surface area contributed by atoms with Gasteiger partial charge in [0.2, 0.25) is 0 Å². The Morgan fingerprint density at radius 1 is 1.60 bits per heavy atom. The van der Waals surface area contributed by atoms with Gasteiger partial charge in [-0.05, 0) is 6.92 Å². The summed E-state index contributed by atoms with van der Waals surface area (Å²) in [5.41, 5.74) is 0. The number of aliphatic hydroxyl groups excluding tert-OH is 1. The lowest BCUT2D eigenvalue weighted by Gasteiger charge is -2.31. The van der Waals surface area contributed by atoms with Gasteiger partial charge in [-0.2, -0.15) is 11.8 Å². The number of hydrogen-bond donors (Lipinski definition) is 1. The van der Waals surface area contributed by atoms with Crippen molar-refractivity contribution in [3.8, 4) is 0 Å². The number of thioether (sulfide) groups is 1. The fraction of sp³-hybridized carbons (Fsp3) is 1.00. The highest BCUT2D eigenvalue weighted by molar-refractivity contribution is 8.00. The Kier molecular flexibility index (Phi) is 3.01. The summed E-state index contributed by atoms with van der Waals surface area (Å²) in [6.07, 6.45) is 0.354. The van der Waals surface area contributed by atoms with Gasteiger partial charge in [0, 0.05) is 11.0 Å². The molecule has 1 N–H and O–H groups in total. The van der Waals surface area contributed by atoms with Gasteiger partial charge in [0.1, 0.15) is 0 Å². The van der Waals surface area contributed by atoms with Crippen molar-refractivity contribution < 1.29 is 9.84 Å². The SMILES string of the molecule is C[C@@H]1SC[C@@H](CO)O[C@@H]1C. The minimum atomic E-state index is 0.0659. The van der Waals surface area contributed by atoms with E-state index in [1.165, 1.54) is 0 Å². The van der Waals surface area contributed by atoms with Crippen LogP contribution in [-0.2, 0) is 4.74 Å². The van der Waals surface area contributed by atoms with E-state index < -0.39 is 0 Å². The lowest BCUT2D eigenvalue weighted by atomic mass is 10.3. The van der Waals surface area contributed by atoms with E-state index in [-0.39, 0.29) is 18.8 Å². The standard InChI is InChI=1S/C7H14O2S/c1-5-6(2)10-4-7(3-8)9-5/h5-8H,3-4H2,1-2H3/t5-,6+,7-/m1/s1. The molecule has 0 aromatic carbocycles. The Morgan fingerprint density at radius 2 is 2.30 bits per heavy atom. The molecule has 1 aliphatic rings. The summed E-state index contributed by atoms with van der Waals surface area (Å²) < 4.78 is 5.48. The van der Waals surface area contributed by atoms with E-state index >= 15 is 0 Å². The van der Waals surface area contributed by atoms with Crippen LogP contribution in [0.15, 0.2) is 0 Å². The van der Waals surface area contributed by atoms with Crippen molar-refractivity contribution >= 4 is 11.8 Å². The number of aliphatic hydroxyl groups is 1. The number of ether oxygens (including phenoxy) is 1. The largest absolute Gasteiger partial charge is 0.394 e. The second kappa shape index (κ2) is 3.60. The zero-order chi connectivity index (χ0) is 7.56. The van der Waals surface area contributed by atoms with Gasteiger partial charge < -0.3 is 9.84 Å². The van der Waals surface area contributed by atoms with E-state index in [9.17, 15) is 0 Å². The molecule has 0 aliphatic carbocycles. The Morgan fingerprint density at radius 3 is 2.80 bits per heavy atom. The Hall–Kier alpha value is 0.270. The Balaban J connectivity index is 2.33. The lowest BCUT2D eigenvalue weighted by Crippen LogP contribution is -2.36. The van der Waals surface area contributed by atoms with E-state index in [1.807, 2.05) is 11.8 Å². The molecule has 3 atom stereocenters. The van der Waals surface area contributed by atoms with Crippen LogP contribution in [0.1, 0.15) is 13.8 Å². The molecule has 10 heavy (non-hydrogen) atoms. The molecule has 2 nitrogen and oxygen atoms in total. The van der Waals surface area contributed by atoms with Crippen LogP contribution in [0.2, 0.25) is 0 Å². The van der Waals surface area contributed by atoms with Crippen LogP contribution in [0, 0.1) is 0 Å². The smallest absolute Gasteiger partial charge is 0.0900 e. The molecule has 1 fully saturated rings. The maximum Gasteiger partial charge on any atom is 0.0900 e. The molecule has 0 unspecified atom stereocenters. The lowest BCUT2D eigenvalue weighted by molar-refractivity contribution is -0.0230. The van der Waals surface area contributed by atoms with Crippen LogP contribution >= 0.6 is 11.8 Å². The van der Waals surface area contributed by atoms with Crippen molar-refractivity contribution in [2.75, 3.05) is 12.4 Å². The molecular formula is C7H14O2S. The first-order valence-corrected chi connectivity index (χ1v) is 4.67. The van der Waals surface area contributed by atoms with E-state index in [0.29, 0.717) is 5.25 Å². The molecule has 0 aromatic heterocycles. The molecule has 0 bridgehead atoms. The molecule has 1 saturated heterocycles. The van der Waals surface area contributed by atoms with E-state index in [0.717, 1.165) is 5.75 Å². The van der Waals surface area contributed by atoms with Gasteiger partial charge in [0.25, 0.3) is 0 Å². The molecule has 0 aromatic rings. The van der Waals surface area contributed by atoms with E-state index in [4.69, 9.17) is 9.84 Å². The summed E-state index contributed by atoms with van der Waals surface area (Å²) in [6.45, 7) is 4.37. The van der Waals surface area contributed by atoms with Crippen LogP contribution in [0.3, 0.4) is 0 Å². The Bertz CT molecular complexity index is 108. The van der Waals surface area contributed by atoms with Gasteiger partial charge in [-0.1, -0.05) is 6.92 Å². The van der Waals surface area contributed by atoms with Gasteiger partial charge in [0.05, 0.1) is 18.8 Å². The number of rotatable bonds is 1. The highest BCUT2D eigenvalue weighted by Gasteiger charge is 2.24. The first kappa shape index (κ1) is 8.37. The minimum Gasteiger partial charge on any atom is -0.394 e. The molecule has 0 radical (unpaired) electrons. The summed E-state index contributed by atoms with van der Waals surface area (Å²) in [7, 11) is 0. The normalized spacial score (nSPS) is 41.7. The maximum atomic E-state index is 8.76. The number of hydrogen-bond acceptors (Lipinski definition) is 3. The highest BCUT2D eigenvalue weighted by atomic mass is 32.2. The highest BCUT2D eigenvalue weighted by Crippen LogP contribution is 2.24. The monoisotopic (exact) mass is 162 g/mol. The summed E-state index contributed by atoms with van der Waals surface area (Å²) in [4.78, 5) is 0. The summed E-state index contributed by atoms with van der Waals surface area (Å²) in [5, 5.41) is 9.33. The van der Waals surface area contributed by atoms with Gasteiger partial charge in [-0.15, -0.1) is 0 Å². The van der Waals surface area contributed by atoms with E-state index in [2.05, 4.69) is 13.8 Å². The van der Waals surface area contributed by atoms with Crippen molar-refractivity contribution in [1.29, 1.82) is 0 Å². The second-order valence-electron chi connectivity index (χ2n) is 2.68. The molecule has 1 rings (SSSR count). The predicted octanol–water partition coefficient (Wildman–Crippen LogP) is 0.888. The van der Waals surface area contributed by atoms with Crippen molar-refractivity contribution in [2.45, 2.75) is 31.3 Å². The molecule has 60 valence electrons. The average molecular weight is 162 g/mol.